The molecule has 1 aliphatic heterocycles. The van der Waals surface area contributed by atoms with Gasteiger partial charge in [-0.25, -0.2) is 4.99 Å². The molecule has 1 rings (SSSR count). The first-order chi connectivity index (χ1) is 6.20. The second-order valence-electron chi connectivity index (χ2n) is 2.93. The van der Waals surface area contributed by atoms with Gasteiger partial charge >= 0.3 is 0 Å². The van der Waals surface area contributed by atoms with Crippen LogP contribution in [0.4, 0.5) is 0 Å². The summed E-state index contributed by atoms with van der Waals surface area (Å²) in [7, 11) is 1.95. The number of hydrogen-bond acceptors (Lipinski definition) is 5. The lowest BCUT2D eigenvalue weighted by Gasteiger charge is -2.21. The van der Waals surface area contributed by atoms with E-state index in [2.05, 4.69) is 21.9 Å². The molecule has 5 nitrogen and oxygen atoms in total. The van der Waals surface area contributed by atoms with Crippen LogP contribution in [0.25, 0.3) is 0 Å². The highest BCUT2D eigenvalue weighted by molar-refractivity contribution is 5.88. The third-order valence-corrected chi connectivity index (χ3v) is 1.78. The number of aliphatic imine (C=N–C) groups is 2. The summed E-state index contributed by atoms with van der Waals surface area (Å²) in [4.78, 5) is 9.92. The van der Waals surface area contributed by atoms with Gasteiger partial charge in [0.05, 0.1) is 13.3 Å². The van der Waals surface area contributed by atoms with Crippen LogP contribution in [0.1, 0.15) is 6.42 Å². The summed E-state index contributed by atoms with van der Waals surface area (Å²) in [5.74, 6) is 0.544. The van der Waals surface area contributed by atoms with Gasteiger partial charge in [-0.3, -0.25) is 10.3 Å². The zero-order valence-corrected chi connectivity index (χ0v) is 7.82. The Hall–Kier alpha value is -1.36. The summed E-state index contributed by atoms with van der Waals surface area (Å²) in [6.45, 7) is 5.18. The van der Waals surface area contributed by atoms with E-state index < -0.39 is 0 Å². The smallest absolute Gasteiger partial charge is 0.113 e. The molecule has 0 saturated carbocycles. The van der Waals surface area contributed by atoms with Gasteiger partial charge in [0.25, 0.3) is 0 Å². The van der Waals surface area contributed by atoms with Gasteiger partial charge in [-0.05, 0) is 0 Å². The number of nitrogens with two attached hydrogens (primary N) is 1. The van der Waals surface area contributed by atoms with Crippen LogP contribution in [0.3, 0.4) is 0 Å². The molecule has 0 unspecified atom stereocenters. The standard InChI is InChI=1S/C8H15N5/c1-7-3-8(9)12-5-10-4-11-6-13(7)2/h5,11H,1,3-4,6H2,2H3,(H2,9,10,12). The quantitative estimate of drug-likeness (QED) is 0.540. The van der Waals surface area contributed by atoms with Crippen molar-refractivity contribution in [1.29, 1.82) is 0 Å². The minimum Gasteiger partial charge on any atom is -0.387 e. The maximum Gasteiger partial charge on any atom is 0.113 e. The average molecular weight is 181 g/mol. The first-order valence-corrected chi connectivity index (χ1v) is 4.10. The van der Waals surface area contributed by atoms with Crippen molar-refractivity contribution in [3.63, 3.8) is 0 Å². The molecule has 0 aromatic heterocycles. The molecule has 0 aliphatic carbocycles. The lowest BCUT2D eigenvalue weighted by Crippen LogP contribution is -2.32. The van der Waals surface area contributed by atoms with E-state index in [-0.39, 0.29) is 0 Å². The van der Waals surface area contributed by atoms with Crippen LogP contribution in [-0.4, -0.2) is 37.5 Å². The monoisotopic (exact) mass is 181 g/mol. The Morgan fingerprint density at radius 2 is 2.46 bits per heavy atom. The van der Waals surface area contributed by atoms with Crippen molar-refractivity contribution in [2.45, 2.75) is 6.42 Å². The van der Waals surface area contributed by atoms with E-state index in [4.69, 9.17) is 5.73 Å². The van der Waals surface area contributed by atoms with Gasteiger partial charge < -0.3 is 10.6 Å². The molecule has 72 valence electrons. The molecule has 3 N–H and O–H groups in total. The van der Waals surface area contributed by atoms with Crippen LogP contribution in [0.5, 0.6) is 0 Å². The average Bonchev–Trinajstić information content (AvgIpc) is 2.09. The molecule has 5 heteroatoms. The van der Waals surface area contributed by atoms with Crippen molar-refractivity contribution in [3.05, 3.63) is 12.3 Å². The normalized spacial score (nSPS) is 22.4. The fraction of sp³-hybridized carbons (Fsp3) is 0.500. The molecular weight excluding hydrogens is 166 g/mol. The Morgan fingerprint density at radius 3 is 3.23 bits per heavy atom. The first kappa shape index (κ1) is 9.73. The van der Waals surface area contributed by atoms with Crippen LogP contribution < -0.4 is 11.1 Å². The van der Waals surface area contributed by atoms with E-state index in [0.717, 1.165) is 12.4 Å². The maximum absolute atomic E-state index is 5.63. The first-order valence-electron chi connectivity index (χ1n) is 4.10. The fourth-order valence-electron chi connectivity index (χ4n) is 0.940. The van der Waals surface area contributed by atoms with Gasteiger partial charge in [0.15, 0.2) is 0 Å². The van der Waals surface area contributed by atoms with Gasteiger partial charge in [0.1, 0.15) is 12.2 Å². The second kappa shape index (κ2) is 4.61. The predicted molar refractivity (Wildman–Crippen MR) is 54.5 cm³/mol. The van der Waals surface area contributed by atoms with Gasteiger partial charge in [-0.15, -0.1) is 0 Å². The topological polar surface area (TPSA) is 66.0 Å². The molecule has 0 aromatic carbocycles. The van der Waals surface area contributed by atoms with E-state index in [1.807, 2.05) is 11.9 Å². The van der Waals surface area contributed by atoms with E-state index in [9.17, 15) is 0 Å². The Kier molecular flexibility index (Phi) is 3.45. The van der Waals surface area contributed by atoms with Crippen molar-refractivity contribution in [2.24, 2.45) is 15.7 Å². The minimum absolute atomic E-state index is 0.544. The molecule has 0 spiro atoms. The minimum atomic E-state index is 0.544. The molecule has 0 aromatic rings. The van der Waals surface area contributed by atoms with Crippen molar-refractivity contribution < 1.29 is 0 Å². The molecule has 1 aliphatic rings. The molecule has 0 saturated heterocycles. The molecule has 1 heterocycles. The molecule has 0 radical (unpaired) electrons. The van der Waals surface area contributed by atoms with Gasteiger partial charge in [-0.2, -0.15) is 0 Å². The Morgan fingerprint density at radius 1 is 1.69 bits per heavy atom. The lowest BCUT2D eigenvalue weighted by molar-refractivity contribution is 0.377. The van der Waals surface area contributed by atoms with Gasteiger partial charge in [-0.1, -0.05) is 6.58 Å². The number of amidine groups is 1. The Bertz CT molecular complexity index is 243. The van der Waals surface area contributed by atoms with Crippen molar-refractivity contribution in [2.75, 3.05) is 20.4 Å². The van der Waals surface area contributed by atoms with Crippen LogP contribution in [0, 0.1) is 0 Å². The SMILES string of the molecule is C=C1CC(N)=N/C=N\CNCN1C. The van der Waals surface area contributed by atoms with E-state index in [1.54, 1.807) is 0 Å². The summed E-state index contributed by atoms with van der Waals surface area (Å²) in [6, 6.07) is 0. The van der Waals surface area contributed by atoms with Crippen molar-refractivity contribution in [1.82, 2.24) is 10.2 Å². The number of rotatable bonds is 0. The molecular formula is C8H15N5. The highest BCUT2D eigenvalue weighted by Gasteiger charge is 2.03. The third kappa shape index (κ3) is 3.25. The summed E-state index contributed by atoms with van der Waals surface area (Å²) in [5.41, 5.74) is 6.58. The van der Waals surface area contributed by atoms with Crippen LogP contribution in [0.15, 0.2) is 22.3 Å². The maximum atomic E-state index is 5.63. The summed E-state index contributed by atoms with van der Waals surface area (Å²) in [6.07, 6.45) is 2.06. The Balaban J connectivity index is 2.66. The lowest BCUT2D eigenvalue weighted by atomic mass is 10.3. The van der Waals surface area contributed by atoms with Gasteiger partial charge in [0.2, 0.25) is 0 Å². The molecule has 0 fully saturated rings. The molecule has 0 atom stereocenters. The largest absolute Gasteiger partial charge is 0.387 e. The van der Waals surface area contributed by atoms with E-state index >= 15 is 0 Å². The van der Waals surface area contributed by atoms with Crippen molar-refractivity contribution >= 4 is 12.2 Å². The van der Waals surface area contributed by atoms with Crippen LogP contribution in [0.2, 0.25) is 0 Å². The van der Waals surface area contributed by atoms with Crippen molar-refractivity contribution in [3.8, 4) is 0 Å². The third-order valence-electron chi connectivity index (χ3n) is 1.78. The number of nitrogens with one attached hydrogen (secondary N) is 1. The second-order valence-corrected chi connectivity index (χ2v) is 2.93. The summed E-state index contributed by atoms with van der Waals surface area (Å²) in [5, 5.41) is 3.11. The van der Waals surface area contributed by atoms with Crippen LogP contribution >= 0.6 is 0 Å². The molecule has 13 heavy (non-hydrogen) atoms. The predicted octanol–water partition coefficient (Wildman–Crippen LogP) is -0.274. The zero-order chi connectivity index (χ0) is 9.68. The molecule has 0 bridgehead atoms. The van der Waals surface area contributed by atoms with Gasteiger partial charge in [0, 0.05) is 19.2 Å². The summed E-state index contributed by atoms with van der Waals surface area (Å²) < 4.78 is 0. The van der Waals surface area contributed by atoms with E-state index in [0.29, 0.717) is 18.9 Å². The fourth-order valence-corrected chi connectivity index (χ4v) is 0.940. The number of nitrogens with zero attached hydrogens (tertiary/aromatic N) is 3. The Labute approximate surface area is 78.0 Å². The zero-order valence-electron chi connectivity index (χ0n) is 7.82. The number of hydrogen-bond donors (Lipinski definition) is 2. The summed E-state index contributed by atoms with van der Waals surface area (Å²) >= 11 is 0. The highest BCUT2D eigenvalue weighted by Crippen LogP contribution is 2.02. The van der Waals surface area contributed by atoms with Crippen LogP contribution in [-0.2, 0) is 0 Å². The highest BCUT2D eigenvalue weighted by atomic mass is 15.2. The molecule has 0 amide bonds. The van der Waals surface area contributed by atoms with E-state index in [1.165, 1.54) is 6.34 Å².